The van der Waals surface area contributed by atoms with E-state index in [1.165, 1.54) is 4.31 Å². The van der Waals surface area contributed by atoms with Gasteiger partial charge in [-0.2, -0.15) is 0 Å². The van der Waals surface area contributed by atoms with Crippen molar-refractivity contribution in [1.29, 1.82) is 0 Å². The highest BCUT2D eigenvalue weighted by Gasteiger charge is 2.31. The standard InChI is InChI=1S/C15H23N3O3S/c1-2-10-22(20,21)18-9-5-6-13(12-18)15(19)17-11-14-7-3-4-8-16-14/h3-4,7-8,13H,2,5-6,9-12H2,1H3,(H,17,19)/t13-/m0/s1. The molecule has 7 heteroatoms. The second-order valence-electron chi connectivity index (χ2n) is 5.55. The van der Waals surface area contributed by atoms with Crippen molar-refractivity contribution >= 4 is 15.9 Å². The third-order valence-corrected chi connectivity index (χ3v) is 5.82. The number of hydrogen-bond donors (Lipinski definition) is 1. The molecule has 1 N–H and O–H groups in total. The summed E-state index contributed by atoms with van der Waals surface area (Å²) in [5.74, 6) is -0.221. The number of nitrogens with zero attached hydrogens (tertiary/aromatic N) is 2. The van der Waals surface area contributed by atoms with Crippen LogP contribution in [-0.4, -0.2) is 42.5 Å². The fourth-order valence-corrected chi connectivity index (χ4v) is 4.21. The van der Waals surface area contributed by atoms with E-state index < -0.39 is 10.0 Å². The van der Waals surface area contributed by atoms with E-state index in [2.05, 4.69) is 10.3 Å². The summed E-state index contributed by atoms with van der Waals surface area (Å²) < 4.78 is 25.7. The molecule has 1 aromatic rings. The van der Waals surface area contributed by atoms with Crippen molar-refractivity contribution in [3.8, 4) is 0 Å². The van der Waals surface area contributed by atoms with E-state index in [-0.39, 0.29) is 24.1 Å². The smallest absolute Gasteiger partial charge is 0.224 e. The van der Waals surface area contributed by atoms with Crippen LogP contribution < -0.4 is 5.32 Å². The van der Waals surface area contributed by atoms with Gasteiger partial charge in [-0.3, -0.25) is 9.78 Å². The number of aromatic nitrogens is 1. The summed E-state index contributed by atoms with van der Waals surface area (Å²) in [5.41, 5.74) is 0.794. The van der Waals surface area contributed by atoms with Crippen molar-refractivity contribution in [2.24, 2.45) is 5.92 Å². The summed E-state index contributed by atoms with van der Waals surface area (Å²) in [6, 6.07) is 5.54. The first-order valence-electron chi connectivity index (χ1n) is 7.68. The van der Waals surface area contributed by atoms with Crippen LogP contribution in [0.2, 0.25) is 0 Å². The van der Waals surface area contributed by atoms with Crippen LogP contribution >= 0.6 is 0 Å². The van der Waals surface area contributed by atoms with Crippen LogP contribution in [0.3, 0.4) is 0 Å². The molecule has 1 aromatic heterocycles. The minimum absolute atomic E-state index is 0.0953. The minimum atomic E-state index is -3.23. The van der Waals surface area contributed by atoms with Crippen LogP contribution in [-0.2, 0) is 21.4 Å². The molecule has 0 spiro atoms. The van der Waals surface area contributed by atoms with Gasteiger partial charge in [0.2, 0.25) is 15.9 Å². The molecule has 0 aromatic carbocycles. The topological polar surface area (TPSA) is 79.4 Å². The molecule has 1 saturated heterocycles. The van der Waals surface area contributed by atoms with Crippen molar-refractivity contribution in [3.63, 3.8) is 0 Å². The minimum Gasteiger partial charge on any atom is -0.350 e. The van der Waals surface area contributed by atoms with E-state index in [0.717, 1.165) is 18.5 Å². The van der Waals surface area contributed by atoms with Gasteiger partial charge in [-0.15, -0.1) is 0 Å². The number of nitrogens with one attached hydrogen (secondary N) is 1. The summed E-state index contributed by atoms with van der Waals surface area (Å²) in [4.78, 5) is 16.4. The molecule has 0 bridgehead atoms. The summed E-state index contributed by atoms with van der Waals surface area (Å²) >= 11 is 0. The van der Waals surface area contributed by atoms with E-state index in [0.29, 0.717) is 19.5 Å². The second kappa shape index (κ2) is 7.69. The average molecular weight is 325 g/mol. The van der Waals surface area contributed by atoms with Gasteiger partial charge in [0.15, 0.2) is 0 Å². The molecule has 0 unspecified atom stereocenters. The molecule has 2 heterocycles. The highest BCUT2D eigenvalue weighted by Crippen LogP contribution is 2.20. The monoisotopic (exact) mass is 325 g/mol. The van der Waals surface area contributed by atoms with Gasteiger partial charge in [-0.25, -0.2) is 12.7 Å². The number of hydrogen-bond acceptors (Lipinski definition) is 4. The van der Waals surface area contributed by atoms with Gasteiger partial charge in [0.25, 0.3) is 0 Å². The molecule has 1 amide bonds. The lowest BCUT2D eigenvalue weighted by atomic mass is 9.99. The quantitative estimate of drug-likeness (QED) is 0.851. The molecule has 1 aliphatic heterocycles. The van der Waals surface area contributed by atoms with Crippen molar-refractivity contribution in [3.05, 3.63) is 30.1 Å². The lowest BCUT2D eigenvalue weighted by molar-refractivity contribution is -0.126. The summed E-state index contributed by atoms with van der Waals surface area (Å²) in [6.07, 6.45) is 3.73. The van der Waals surface area contributed by atoms with Crippen molar-refractivity contribution < 1.29 is 13.2 Å². The number of carbonyl (C=O) groups excluding carboxylic acids is 1. The van der Waals surface area contributed by atoms with Crippen LogP contribution in [0.5, 0.6) is 0 Å². The van der Waals surface area contributed by atoms with Crippen molar-refractivity contribution in [1.82, 2.24) is 14.6 Å². The largest absolute Gasteiger partial charge is 0.350 e. The van der Waals surface area contributed by atoms with E-state index in [9.17, 15) is 13.2 Å². The Labute approximate surface area is 132 Å². The maximum atomic E-state index is 12.2. The van der Waals surface area contributed by atoms with E-state index in [4.69, 9.17) is 0 Å². The maximum Gasteiger partial charge on any atom is 0.224 e. The molecule has 22 heavy (non-hydrogen) atoms. The fourth-order valence-electron chi connectivity index (χ4n) is 2.62. The molecule has 0 saturated carbocycles. The summed E-state index contributed by atoms with van der Waals surface area (Å²) in [5, 5.41) is 2.85. The molecule has 0 aliphatic carbocycles. The molecule has 1 atom stereocenters. The third kappa shape index (κ3) is 4.51. The van der Waals surface area contributed by atoms with Gasteiger partial charge >= 0.3 is 0 Å². The van der Waals surface area contributed by atoms with Crippen LogP contribution in [0, 0.1) is 5.92 Å². The van der Waals surface area contributed by atoms with Gasteiger partial charge in [0.1, 0.15) is 0 Å². The van der Waals surface area contributed by atoms with Gasteiger partial charge in [-0.05, 0) is 31.4 Å². The summed E-state index contributed by atoms with van der Waals surface area (Å²) in [6.45, 7) is 3.03. The lowest BCUT2D eigenvalue weighted by Gasteiger charge is -2.31. The Bertz CT molecular complexity index is 589. The zero-order chi connectivity index (χ0) is 16.0. The summed E-state index contributed by atoms with van der Waals surface area (Å²) in [7, 11) is -3.23. The first-order valence-corrected chi connectivity index (χ1v) is 9.29. The first kappa shape index (κ1) is 16.9. The fraction of sp³-hybridized carbons (Fsp3) is 0.600. The Hall–Kier alpha value is -1.47. The number of piperidine rings is 1. The molecule has 2 rings (SSSR count). The highest BCUT2D eigenvalue weighted by atomic mass is 32.2. The predicted octanol–water partition coefficient (Wildman–Crippen LogP) is 1.15. The second-order valence-corrected chi connectivity index (χ2v) is 7.64. The zero-order valence-electron chi connectivity index (χ0n) is 12.9. The van der Waals surface area contributed by atoms with Crippen LogP contribution in [0.25, 0.3) is 0 Å². The van der Waals surface area contributed by atoms with Crippen LogP contribution in [0.1, 0.15) is 31.9 Å². The Balaban J connectivity index is 1.90. The highest BCUT2D eigenvalue weighted by molar-refractivity contribution is 7.89. The molecule has 122 valence electrons. The Morgan fingerprint density at radius 2 is 2.27 bits per heavy atom. The molecule has 1 fully saturated rings. The third-order valence-electron chi connectivity index (χ3n) is 3.78. The number of carbonyl (C=O) groups is 1. The van der Waals surface area contributed by atoms with E-state index >= 15 is 0 Å². The van der Waals surface area contributed by atoms with Gasteiger partial charge in [-0.1, -0.05) is 13.0 Å². The average Bonchev–Trinajstić information content (AvgIpc) is 2.53. The Morgan fingerprint density at radius 1 is 1.45 bits per heavy atom. The van der Waals surface area contributed by atoms with Gasteiger partial charge in [0, 0.05) is 19.3 Å². The van der Waals surface area contributed by atoms with Crippen LogP contribution in [0.4, 0.5) is 0 Å². The number of pyridine rings is 1. The normalized spacial score (nSPS) is 19.8. The van der Waals surface area contributed by atoms with E-state index in [1.807, 2.05) is 25.1 Å². The van der Waals surface area contributed by atoms with Gasteiger partial charge < -0.3 is 5.32 Å². The predicted molar refractivity (Wildman–Crippen MR) is 84.5 cm³/mol. The Kier molecular flexibility index (Phi) is 5.90. The molecule has 1 aliphatic rings. The molecular weight excluding hydrogens is 302 g/mol. The SMILES string of the molecule is CCCS(=O)(=O)N1CCC[C@H](C(=O)NCc2ccccn2)C1. The van der Waals surface area contributed by atoms with Crippen molar-refractivity contribution in [2.45, 2.75) is 32.7 Å². The number of sulfonamides is 1. The Morgan fingerprint density at radius 3 is 2.95 bits per heavy atom. The van der Waals surface area contributed by atoms with E-state index in [1.54, 1.807) is 6.20 Å². The van der Waals surface area contributed by atoms with Gasteiger partial charge in [0.05, 0.1) is 23.9 Å². The number of amides is 1. The maximum absolute atomic E-state index is 12.2. The number of rotatable bonds is 6. The molecule has 0 radical (unpaired) electrons. The molecule has 6 nitrogen and oxygen atoms in total. The van der Waals surface area contributed by atoms with Crippen LogP contribution in [0.15, 0.2) is 24.4 Å². The van der Waals surface area contributed by atoms with Crippen molar-refractivity contribution in [2.75, 3.05) is 18.8 Å². The molecular formula is C15H23N3O3S. The zero-order valence-corrected chi connectivity index (χ0v) is 13.7. The lowest BCUT2D eigenvalue weighted by Crippen LogP contribution is -2.45. The first-order chi connectivity index (χ1) is 10.5.